The van der Waals surface area contributed by atoms with Gasteiger partial charge >= 0.3 is 5.97 Å². The first-order valence-electron chi connectivity index (χ1n) is 5.85. The molecule has 0 heterocycles. The van der Waals surface area contributed by atoms with Gasteiger partial charge in [0, 0.05) is 15.4 Å². The monoisotopic (exact) mass is 367 g/mol. The van der Waals surface area contributed by atoms with E-state index in [1.165, 1.54) is 23.9 Å². The number of nitro benzene ring substituents is 1. The van der Waals surface area contributed by atoms with Crippen molar-refractivity contribution in [1.82, 2.24) is 0 Å². The Bertz CT molecular complexity index is 733. The van der Waals surface area contributed by atoms with Gasteiger partial charge in [-0.15, -0.1) is 0 Å². The Hall–Kier alpha value is -1.86. The predicted octanol–water partition coefficient (Wildman–Crippen LogP) is 4.52. The molecule has 0 aliphatic heterocycles. The first-order valence-corrected chi connectivity index (χ1v) is 7.46. The van der Waals surface area contributed by atoms with Crippen LogP contribution in [0.15, 0.2) is 50.7 Å². The van der Waals surface area contributed by atoms with E-state index in [1.54, 1.807) is 31.2 Å². The van der Waals surface area contributed by atoms with Crippen molar-refractivity contribution in [2.75, 3.05) is 0 Å². The van der Waals surface area contributed by atoms with E-state index in [1.807, 2.05) is 0 Å². The number of aryl methyl sites for hydroxylation is 1. The van der Waals surface area contributed by atoms with Gasteiger partial charge in [0.25, 0.3) is 5.69 Å². The molecule has 2 rings (SSSR count). The summed E-state index contributed by atoms with van der Waals surface area (Å²) in [7, 11) is 0. The molecule has 1 N–H and O–H groups in total. The first kappa shape index (κ1) is 15.5. The fourth-order valence-corrected chi connectivity index (χ4v) is 3.20. The highest BCUT2D eigenvalue weighted by atomic mass is 79.9. The van der Waals surface area contributed by atoms with Gasteiger partial charge in [-0.2, -0.15) is 0 Å². The lowest BCUT2D eigenvalue weighted by atomic mass is 10.2. The van der Waals surface area contributed by atoms with Crippen molar-refractivity contribution in [3.05, 3.63) is 62.1 Å². The standard InChI is InChI=1S/C14H10BrNO4S/c1-8-3-2-4-12(16(19)20)13(8)21-9-5-6-11(15)10(7-9)14(17)18/h2-7H,1H3,(H,17,18). The van der Waals surface area contributed by atoms with Gasteiger partial charge in [-0.25, -0.2) is 4.79 Å². The van der Waals surface area contributed by atoms with Gasteiger partial charge in [0.1, 0.15) is 0 Å². The zero-order valence-corrected chi connectivity index (χ0v) is 13.3. The van der Waals surface area contributed by atoms with E-state index >= 15 is 0 Å². The number of benzene rings is 2. The van der Waals surface area contributed by atoms with Crippen LogP contribution in [0.3, 0.4) is 0 Å². The molecule has 0 bridgehead atoms. The van der Waals surface area contributed by atoms with Crippen molar-refractivity contribution in [2.45, 2.75) is 16.7 Å². The van der Waals surface area contributed by atoms with Gasteiger partial charge in [0.15, 0.2) is 0 Å². The van der Waals surface area contributed by atoms with Crippen LogP contribution in [-0.2, 0) is 0 Å². The van der Waals surface area contributed by atoms with Crippen LogP contribution in [0.25, 0.3) is 0 Å². The quantitative estimate of drug-likeness (QED) is 0.634. The van der Waals surface area contributed by atoms with Crippen LogP contribution in [0.2, 0.25) is 0 Å². The van der Waals surface area contributed by atoms with E-state index in [4.69, 9.17) is 5.11 Å². The summed E-state index contributed by atoms with van der Waals surface area (Å²) < 4.78 is 0.471. The topological polar surface area (TPSA) is 80.4 Å². The maximum absolute atomic E-state index is 11.1. The summed E-state index contributed by atoms with van der Waals surface area (Å²) in [5, 5.41) is 20.2. The molecule has 108 valence electrons. The zero-order valence-electron chi connectivity index (χ0n) is 10.9. The van der Waals surface area contributed by atoms with Gasteiger partial charge < -0.3 is 5.11 Å². The van der Waals surface area contributed by atoms with Gasteiger partial charge in [-0.05, 0) is 46.6 Å². The lowest BCUT2D eigenvalue weighted by Crippen LogP contribution is -1.98. The van der Waals surface area contributed by atoms with Crippen molar-refractivity contribution in [2.24, 2.45) is 0 Å². The molecule has 0 aliphatic carbocycles. The predicted molar refractivity (Wildman–Crippen MR) is 83.1 cm³/mol. The highest BCUT2D eigenvalue weighted by molar-refractivity contribution is 9.10. The van der Waals surface area contributed by atoms with Crippen LogP contribution in [-0.4, -0.2) is 16.0 Å². The zero-order chi connectivity index (χ0) is 15.6. The number of aromatic carboxylic acids is 1. The molecule has 0 unspecified atom stereocenters. The molecular formula is C14H10BrNO4S. The highest BCUT2D eigenvalue weighted by Crippen LogP contribution is 2.38. The van der Waals surface area contributed by atoms with Gasteiger partial charge in [0.2, 0.25) is 0 Å². The van der Waals surface area contributed by atoms with Gasteiger partial charge in [0.05, 0.1) is 15.4 Å². The maximum Gasteiger partial charge on any atom is 0.336 e. The van der Waals surface area contributed by atoms with E-state index < -0.39 is 10.9 Å². The average Bonchev–Trinajstić information content (AvgIpc) is 2.42. The van der Waals surface area contributed by atoms with Crippen molar-refractivity contribution >= 4 is 39.3 Å². The second-order valence-corrected chi connectivity index (χ2v) is 6.17. The van der Waals surface area contributed by atoms with E-state index in [0.717, 1.165) is 5.56 Å². The maximum atomic E-state index is 11.1. The SMILES string of the molecule is Cc1cccc([N+](=O)[O-])c1Sc1ccc(Br)c(C(=O)O)c1. The number of nitrogens with zero attached hydrogens (tertiary/aromatic N) is 1. The lowest BCUT2D eigenvalue weighted by molar-refractivity contribution is -0.387. The number of carboxylic acids is 1. The third-order valence-corrected chi connectivity index (χ3v) is 4.69. The average molecular weight is 368 g/mol. The number of nitro groups is 1. The van der Waals surface area contributed by atoms with E-state index in [2.05, 4.69) is 15.9 Å². The van der Waals surface area contributed by atoms with E-state index in [-0.39, 0.29) is 11.3 Å². The molecule has 0 amide bonds. The fourth-order valence-electron chi connectivity index (χ4n) is 1.76. The van der Waals surface area contributed by atoms with Crippen molar-refractivity contribution in [3.63, 3.8) is 0 Å². The minimum atomic E-state index is -1.05. The summed E-state index contributed by atoms with van der Waals surface area (Å²) >= 11 is 4.35. The summed E-state index contributed by atoms with van der Waals surface area (Å²) in [6, 6.07) is 9.68. The number of hydrogen-bond acceptors (Lipinski definition) is 4. The molecule has 0 saturated carbocycles. The Morgan fingerprint density at radius 1 is 1.33 bits per heavy atom. The second kappa shape index (κ2) is 6.28. The van der Waals surface area contributed by atoms with Gasteiger partial charge in [-0.3, -0.25) is 10.1 Å². The molecule has 2 aromatic carbocycles. The number of carbonyl (C=O) groups is 1. The van der Waals surface area contributed by atoms with Crippen LogP contribution >= 0.6 is 27.7 Å². The summed E-state index contributed by atoms with van der Waals surface area (Å²) in [6.45, 7) is 1.78. The highest BCUT2D eigenvalue weighted by Gasteiger charge is 2.18. The molecule has 5 nitrogen and oxygen atoms in total. The molecule has 0 atom stereocenters. The molecule has 0 fully saturated rings. The molecule has 21 heavy (non-hydrogen) atoms. The van der Waals surface area contributed by atoms with Crippen molar-refractivity contribution in [1.29, 1.82) is 0 Å². The largest absolute Gasteiger partial charge is 0.478 e. The minimum Gasteiger partial charge on any atom is -0.478 e. The van der Waals surface area contributed by atoms with E-state index in [9.17, 15) is 14.9 Å². The Balaban J connectivity index is 2.46. The molecule has 0 spiro atoms. The minimum absolute atomic E-state index is 0.0137. The van der Waals surface area contributed by atoms with Crippen LogP contribution < -0.4 is 0 Å². The number of rotatable bonds is 4. The fraction of sp³-hybridized carbons (Fsp3) is 0.0714. The third-order valence-electron chi connectivity index (χ3n) is 2.78. The van der Waals surface area contributed by atoms with Crippen molar-refractivity contribution < 1.29 is 14.8 Å². The van der Waals surface area contributed by atoms with Crippen LogP contribution in [0, 0.1) is 17.0 Å². The van der Waals surface area contributed by atoms with Crippen LogP contribution in [0.1, 0.15) is 15.9 Å². The number of hydrogen-bond donors (Lipinski definition) is 1. The van der Waals surface area contributed by atoms with E-state index in [0.29, 0.717) is 14.3 Å². The van der Waals surface area contributed by atoms with Gasteiger partial charge in [-0.1, -0.05) is 23.9 Å². The Labute approximate surface area is 133 Å². The Morgan fingerprint density at radius 3 is 2.67 bits per heavy atom. The summed E-state index contributed by atoms with van der Waals surface area (Å²) in [5.41, 5.74) is 0.907. The molecule has 2 aromatic rings. The number of halogens is 1. The lowest BCUT2D eigenvalue weighted by Gasteiger charge is -2.08. The Kier molecular flexibility index (Phi) is 4.64. The van der Waals surface area contributed by atoms with Crippen LogP contribution in [0.4, 0.5) is 5.69 Å². The molecule has 0 aliphatic rings. The van der Waals surface area contributed by atoms with Crippen LogP contribution in [0.5, 0.6) is 0 Å². The molecule has 0 radical (unpaired) electrons. The summed E-state index contributed by atoms with van der Waals surface area (Å²) in [6.07, 6.45) is 0. The summed E-state index contributed by atoms with van der Waals surface area (Å²) in [5.74, 6) is -1.05. The summed E-state index contributed by atoms with van der Waals surface area (Å²) in [4.78, 5) is 22.9. The molecular weight excluding hydrogens is 358 g/mol. The number of carboxylic acid groups (broad SMARTS) is 1. The normalized spacial score (nSPS) is 10.4. The second-order valence-electron chi connectivity index (χ2n) is 4.23. The molecule has 7 heteroatoms. The Morgan fingerprint density at radius 2 is 2.05 bits per heavy atom. The molecule has 0 aromatic heterocycles. The van der Waals surface area contributed by atoms with Crippen molar-refractivity contribution in [3.8, 4) is 0 Å². The molecule has 0 saturated heterocycles. The third kappa shape index (κ3) is 3.43. The first-order chi connectivity index (χ1) is 9.90. The smallest absolute Gasteiger partial charge is 0.336 e.